The monoisotopic (exact) mass is 267 g/mol. The molecule has 2 atom stereocenters. The first kappa shape index (κ1) is 14.8. The Balaban J connectivity index is 2.16. The molecule has 0 radical (unpaired) electrons. The molecule has 0 fully saturated rings. The Morgan fingerprint density at radius 2 is 1.50 bits per heavy atom. The minimum Gasteiger partial charge on any atom is -0.314 e. The van der Waals surface area contributed by atoms with Crippen molar-refractivity contribution in [3.05, 3.63) is 71.8 Å². The summed E-state index contributed by atoms with van der Waals surface area (Å²) in [6, 6.07) is 22.1. The molecular formula is C19H25N. The quantitative estimate of drug-likeness (QED) is 0.784. The molecule has 20 heavy (non-hydrogen) atoms. The molecule has 2 aromatic rings. The second-order valence-electron chi connectivity index (χ2n) is 5.45. The largest absolute Gasteiger partial charge is 0.314 e. The molecule has 0 spiro atoms. The Labute approximate surface area is 123 Å². The van der Waals surface area contributed by atoms with Gasteiger partial charge in [0.25, 0.3) is 0 Å². The van der Waals surface area contributed by atoms with Crippen LogP contribution in [0.1, 0.15) is 37.3 Å². The highest BCUT2D eigenvalue weighted by atomic mass is 14.9. The summed E-state index contributed by atoms with van der Waals surface area (Å²) in [5.41, 5.74) is 2.83. The van der Waals surface area contributed by atoms with Crippen molar-refractivity contribution in [2.75, 3.05) is 6.54 Å². The minimum atomic E-state index is 0.484. The van der Waals surface area contributed by atoms with Crippen molar-refractivity contribution in [2.45, 2.75) is 38.6 Å². The van der Waals surface area contributed by atoms with Crippen LogP contribution in [0.5, 0.6) is 0 Å². The fraction of sp³-hybridized carbons (Fsp3) is 0.368. The van der Waals surface area contributed by atoms with Crippen LogP contribution in [0.2, 0.25) is 0 Å². The van der Waals surface area contributed by atoms with Crippen LogP contribution in [0.15, 0.2) is 60.7 Å². The molecular weight excluding hydrogens is 242 g/mol. The first-order valence-electron chi connectivity index (χ1n) is 7.63. The summed E-state index contributed by atoms with van der Waals surface area (Å²) in [4.78, 5) is 0. The second-order valence-corrected chi connectivity index (χ2v) is 5.45. The summed E-state index contributed by atoms with van der Waals surface area (Å²) in [5.74, 6) is 0.519. The van der Waals surface area contributed by atoms with Crippen molar-refractivity contribution in [3.63, 3.8) is 0 Å². The Morgan fingerprint density at radius 1 is 0.900 bits per heavy atom. The van der Waals surface area contributed by atoms with Crippen molar-refractivity contribution in [1.29, 1.82) is 0 Å². The van der Waals surface area contributed by atoms with Crippen LogP contribution in [0.25, 0.3) is 0 Å². The van der Waals surface area contributed by atoms with Gasteiger partial charge in [0, 0.05) is 12.0 Å². The van der Waals surface area contributed by atoms with Crippen molar-refractivity contribution >= 4 is 0 Å². The number of hydrogen-bond donors (Lipinski definition) is 1. The van der Waals surface area contributed by atoms with Gasteiger partial charge in [-0.05, 0) is 37.4 Å². The molecule has 0 heterocycles. The van der Waals surface area contributed by atoms with E-state index in [1.165, 1.54) is 17.5 Å². The Morgan fingerprint density at radius 3 is 2.10 bits per heavy atom. The zero-order chi connectivity index (χ0) is 14.2. The van der Waals surface area contributed by atoms with Gasteiger partial charge < -0.3 is 5.32 Å². The standard InChI is InChI=1S/C19H25N/c1-3-14-20-16(2)19(18-12-8-5-9-13-18)15-17-10-6-4-7-11-17/h4-13,16,19-20H,3,14-15H2,1-2H3. The van der Waals surface area contributed by atoms with Gasteiger partial charge in [-0.15, -0.1) is 0 Å². The molecule has 2 unspecified atom stereocenters. The van der Waals surface area contributed by atoms with Gasteiger partial charge in [0.05, 0.1) is 0 Å². The van der Waals surface area contributed by atoms with Gasteiger partial charge in [0.2, 0.25) is 0 Å². The first-order chi connectivity index (χ1) is 9.81. The van der Waals surface area contributed by atoms with E-state index < -0.39 is 0 Å². The van der Waals surface area contributed by atoms with Gasteiger partial charge in [-0.1, -0.05) is 67.6 Å². The van der Waals surface area contributed by atoms with E-state index in [0.29, 0.717) is 12.0 Å². The summed E-state index contributed by atoms with van der Waals surface area (Å²) >= 11 is 0. The molecule has 2 aromatic carbocycles. The normalized spacial score (nSPS) is 13.9. The number of benzene rings is 2. The highest BCUT2D eigenvalue weighted by Gasteiger charge is 2.19. The molecule has 0 saturated heterocycles. The van der Waals surface area contributed by atoms with Crippen LogP contribution in [0.3, 0.4) is 0 Å². The lowest BCUT2D eigenvalue weighted by Crippen LogP contribution is -2.33. The Bertz CT molecular complexity index is 478. The highest BCUT2D eigenvalue weighted by Crippen LogP contribution is 2.24. The average Bonchev–Trinajstić information content (AvgIpc) is 2.52. The van der Waals surface area contributed by atoms with Crippen molar-refractivity contribution in [3.8, 4) is 0 Å². The molecule has 0 saturated carbocycles. The van der Waals surface area contributed by atoms with Crippen molar-refractivity contribution in [1.82, 2.24) is 5.32 Å². The smallest absolute Gasteiger partial charge is 0.0111 e. The zero-order valence-electron chi connectivity index (χ0n) is 12.5. The van der Waals surface area contributed by atoms with Crippen LogP contribution in [-0.4, -0.2) is 12.6 Å². The van der Waals surface area contributed by atoms with Crippen LogP contribution in [0, 0.1) is 0 Å². The molecule has 1 N–H and O–H groups in total. The first-order valence-corrected chi connectivity index (χ1v) is 7.63. The number of rotatable bonds is 7. The molecule has 0 aliphatic rings. The highest BCUT2D eigenvalue weighted by molar-refractivity contribution is 5.25. The molecule has 1 nitrogen and oxygen atoms in total. The lowest BCUT2D eigenvalue weighted by molar-refractivity contribution is 0.456. The van der Waals surface area contributed by atoms with E-state index in [1.54, 1.807) is 0 Å². The maximum absolute atomic E-state index is 3.65. The topological polar surface area (TPSA) is 12.0 Å². The van der Waals surface area contributed by atoms with Gasteiger partial charge >= 0.3 is 0 Å². The Kier molecular flexibility index (Phi) is 5.82. The fourth-order valence-corrected chi connectivity index (χ4v) is 2.67. The third-order valence-electron chi connectivity index (χ3n) is 3.85. The predicted octanol–water partition coefficient (Wildman–Crippen LogP) is 4.40. The SMILES string of the molecule is CCCNC(C)C(Cc1ccccc1)c1ccccc1. The van der Waals surface area contributed by atoms with E-state index in [0.717, 1.165) is 13.0 Å². The lowest BCUT2D eigenvalue weighted by atomic mass is 9.86. The predicted molar refractivity (Wildman–Crippen MR) is 87.1 cm³/mol. The maximum Gasteiger partial charge on any atom is 0.0111 e. The zero-order valence-corrected chi connectivity index (χ0v) is 12.5. The molecule has 0 aliphatic heterocycles. The van der Waals surface area contributed by atoms with Crippen LogP contribution < -0.4 is 5.32 Å². The van der Waals surface area contributed by atoms with Gasteiger partial charge in [-0.25, -0.2) is 0 Å². The van der Waals surface area contributed by atoms with Crippen LogP contribution in [0.4, 0.5) is 0 Å². The molecule has 0 aliphatic carbocycles. The van der Waals surface area contributed by atoms with Crippen molar-refractivity contribution in [2.24, 2.45) is 0 Å². The van der Waals surface area contributed by atoms with Gasteiger partial charge in [-0.3, -0.25) is 0 Å². The lowest BCUT2D eigenvalue weighted by Gasteiger charge is -2.26. The summed E-state index contributed by atoms with van der Waals surface area (Å²) in [7, 11) is 0. The average molecular weight is 267 g/mol. The fourth-order valence-electron chi connectivity index (χ4n) is 2.67. The van der Waals surface area contributed by atoms with E-state index in [-0.39, 0.29) is 0 Å². The van der Waals surface area contributed by atoms with E-state index in [1.807, 2.05) is 0 Å². The van der Waals surface area contributed by atoms with Gasteiger partial charge in [0.15, 0.2) is 0 Å². The second kappa shape index (κ2) is 7.86. The number of nitrogens with one attached hydrogen (secondary N) is 1. The number of hydrogen-bond acceptors (Lipinski definition) is 1. The molecule has 0 aromatic heterocycles. The van der Waals surface area contributed by atoms with E-state index >= 15 is 0 Å². The molecule has 0 bridgehead atoms. The molecule has 1 heteroatoms. The van der Waals surface area contributed by atoms with E-state index in [9.17, 15) is 0 Å². The van der Waals surface area contributed by atoms with E-state index in [2.05, 4.69) is 79.8 Å². The summed E-state index contributed by atoms with van der Waals surface area (Å²) in [6.45, 7) is 5.60. The molecule has 106 valence electrons. The third-order valence-corrected chi connectivity index (χ3v) is 3.85. The third kappa shape index (κ3) is 4.21. The van der Waals surface area contributed by atoms with Gasteiger partial charge in [0.1, 0.15) is 0 Å². The summed E-state index contributed by atoms with van der Waals surface area (Å²) in [5, 5.41) is 3.65. The van der Waals surface area contributed by atoms with Crippen molar-refractivity contribution < 1.29 is 0 Å². The molecule has 2 rings (SSSR count). The minimum absolute atomic E-state index is 0.484. The Hall–Kier alpha value is -1.60. The summed E-state index contributed by atoms with van der Waals surface area (Å²) < 4.78 is 0. The summed E-state index contributed by atoms with van der Waals surface area (Å²) in [6.07, 6.45) is 2.26. The van der Waals surface area contributed by atoms with Crippen LogP contribution in [-0.2, 0) is 6.42 Å². The molecule has 0 amide bonds. The van der Waals surface area contributed by atoms with E-state index in [4.69, 9.17) is 0 Å². The van der Waals surface area contributed by atoms with Crippen LogP contribution >= 0.6 is 0 Å². The maximum atomic E-state index is 3.65. The van der Waals surface area contributed by atoms with Gasteiger partial charge in [-0.2, -0.15) is 0 Å².